The first-order valence-electron chi connectivity index (χ1n) is 9.26. The topological polar surface area (TPSA) is 87.7 Å². The van der Waals surface area contributed by atoms with E-state index in [9.17, 15) is 9.59 Å². The molecule has 2 amide bonds. The van der Waals surface area contributed by atoms with Crippen molar-refractivity contribution in [3.63, 3.8) is 0 Å². The number of thioether (sulfide) groups is 1. The number of ether oxygens (including phenoxy) is 1. The molecule has 0 radical (unpaired) electrons. The molecule has 29 heavy (non-hydrogen) atoms. The number of benzene rings is 1. The number of nitrogens with one attached hydrogen (secondary N) is 1. The molecule has 150 valence electrons. The second-order valence-corrected chi connectivity index (χ2v) is 7.81. The summed E-state index contributed by atoms with van der Waals surface area (Å²) < 4.78 is 5.31. The number of carbonyl (C=O) groups is 2. The highest BCUT2D eigenvalue weighted by atomic mass is 32.2. The number of piperazine rings is 1. The van der Waals surface area contributed by atoms with E-state index >= 15 is 0 Å². The molecule has 9 heteroatoms. The van der Waals surface area contributed by atoms with Crippen molar-refractivity contribution in [1.29, 1.82) is 0 Å². The normalized spacial score (nSPS) is 18.3. The Labute approximate surface area is 173 Å². The Kier molecular flexibility index (Phi) is 5.39. The largest absolute Gasteiger partial charge is 0.481 e. The quantitative estimate of drug-likeness (QED) is 0.768. The van der Waals surface area contributed by atoms with Crippen molar-refractivity contribution in [2.75, 3.05) is 43.1 Å². The SMILES string of the molecule is COc1cc(C=C2SC(=O)NC2=O)nc(N2CCN(c3ccc(C)cc3)CC2)n1. The van der Waals surface area contributed by atoms with Crippen molar-refractivity contribution in [1.82, 2.24) is 15.3 Å². The molecule has 0 spiro atoms. The number of nitrogens with zero attached hydrogens (tertiary/aromatic N) is 4. The van der Waals surface area contributed by atoms with E-state index in [4.69, 9.17) is 4.74 Å². The van der Waals surface area contributed by atoms with Gasteiger partial charge in [-0.15, -0.1) is 0 Å². The summed E-state index contributed by atoms with van der Waals surface area (Å²) in [5.74, 6) is 0.554. The van der Waals surface area contributed by atoms with Gasteiger partial charge in [-0.25, -0.2) is 4.98 Å². The molecule has 2 saturated heterocycles. The number of amides is 2. The van der Waals surface area contributed by atoms with Crippen molar-refractivity contribution >= 4 is 40.6 Å². The van der Waals surface area contributed by atoms with E-state index in [1.165, 1.54) is 11.3 Å². The standard InChI is InChI=1S/C20H21N5O3S/c1-13-3-5-15(6-4-13)24-7-9-25(10-8-24)19-21-14(12-17(22-19)28-2)11-16-18(26)23-20(27)29-16/h3-6,11-12H,7-10H2,1-2H3,(H,23,26,27). The summed E-state index contributed by atoms with van der Waals surface area (Å²) in [6, 6.07) is 10.2. The lowest BCUT2D eigenvalue weighted by molar-refractivity contribution is -0.115. The summed E-state index contributed by atoms with van der Waals surface area (Å²) >= 11 is 0.862. The van der Waals surface area contributed by atoms with Crippen molar-refractivity contribution in [3.8, 4) is 5.88 Å². The van der Waals surface area contributed by atoms with Gasteiger partial charge < -0.3 is 14.5 Å². The van der Waals surface area contributed by atoms with E-state index in [2.05, 4.69) is 56.3 Å². The second-order valence-electron chi connectivity index (χ2n) is 6.80. The molecule has 4 rings (SSSR count). The summed E-state index contributed by atoms with van der Waals surface area (Å²) in [6.07, 6.45) is 1.58. The van der Waals surface area contributed by atoms with Crippen LogP contribution in [0.1, 0.15) is 11.3 Å². The van der Waals surface area contributed by atoms with Gasteiger partial charge in [0.15, 0.2) is 0 Å². The maximum Gasteiger partial charge on any atom is 0.290 e. The Morgan fingerprint density at radius 3 is 2.38 bits per heavy atom. The zero-order valence-corrected chi connectivity index (χ0v) is 17.0. The molecule has 8 nitrogen and oxygen atoms in total. The Morgan fingerprint density at radius 2 is 1.76 bits per heavy atom. The van der Waals surface area contributed by atoms with Crippen LogP contribution < -0.4 is 19.9 Å². The fourth-order valence-corrected chi connectivity index (χ4v) is 3.89. The third kappa shape index (κ3) is 4.34. The van der Waals surface area contributed by atoms with E-state index in [0.717, 1.165) is 37.9 Å². The first kappa shape index (κ1) is 19.3. The van der Waals surface area contributed by atoms with Gasteiger partial charge in [-0.3, -0.25) is 14.9 Å². The molecule has 1 aromatic carbocycles. The number of hydrogen-bond donors (Lipinski definition) is 1. The minimum atomic E-state index is -0.411. The fourth-order valence-electron chi connectivity index (χ4n) is 3.23. The molecule has 0 atom stereocenters. The van der Waals surface area contributed by atoms with Crippen LogP contribution in [-0.4, -0.2) is 54.4 Å². The third-order valence-electron chi connectivity index (χ3n) is 4.80. The second kappa shape index (κ2) is 8.12. The summed E-state index contributed by atoms with van der Waals surface area (Å²) in [7, 11) is 1.54. The number of rotatable bonds is 4. The minimum Gasteiger partial charge on any atom is -0.481 e. The average Bonchev–Trinajstić information content (AvgIpc) is 3.05. The number of imide groups is 1. The first-order chi connectivity index (χ1) is 14.0. The van der Waals surface area contributed by atoms with E-state index < -0.39 is 5.91 Å². The Balaban J connectivity index is 1.51. The Morgan fingerprint density at radius 1 is 1.07 bits per heavy atom. The molecular weight excluding hydrogens is 390 g/mol. The maximum absolute atomic E-state index is 11.8. The number of aryl methyl sites for hydroxylation is 1. The van der Waals surface area contributed by atoms with Crippen LogP contribution in [0.15, 0.2) is 35.2 Å². The van der Waals surface area contributed by atoms with Crippen molar-refractivity contribution in [3.05, 3.63) is 46.5 Å². The van der Waals surface area contributed by atoms with Gasteiger partial charge in [-0.05, 0) is 36.9 Å². The lowest BCUT2D eigenvalue weighted by Crippen LogP contribution is -2.47. The highest BCUT2D eigenvalue weighted by Crippen LogP contribution is 2.27. The zero-order chi connectivity index (χ0) is 20.4. The predicted octanol–water partition coefficient (Wildman–Crippen LogP) is 2.44. The number of aromatic nitrogens is 2. The van der Waals surface area contributed by atoms with Crippen LogP contribution in [0.5, 0.6) is 5.88 Å². The molecule has 1 N–H and O–H groups in total. The number of anilines is 2. The smallest absolute Gasteiger partial charge is 0.290 e. The molecule has 2 aliphatic heterocycles. The molecule has 0 aliphatic carbocycles. The van der Waals surface area contributed by atoms with Crippen molar-refractivity contribution < 1.29 is 14.3 Å². The Hall–Kier alpha value is -3.07. The van der Waals surface area contributed by atoms with Crippen LogP contribution in [0.2, 0.25) is 0 Å². The molecule has 2 fully saturated rings. The summed E-state index contributed by atoms with van der Waals surface area (Å²) in [5.41, 5.74) is 2.98. The first-order valence-corrected chi connectivity index (χ1v) is 10.1. The van der Waals surface area contributed by atoms with Crippen molar-refractivity contribution in [2.24, 2.45) is 0 Å². The van der Waals surface area contributed by atoms with Gasteiger partial charge in [0.25, 0.3) is 11.1 Å². The predicted molar refractivity (Wildman–Crippen MR) is 113 cm³/mol. The van der Waals surface area contributed by atoms with E-state index in [1.807, 2.05) is 0 Å². The molecule has 3 heterocycles. The van der Waals surface area contributed by atoms with E-state index in [1.54, 1.807) is 19.3 Å². The van der Waals surface area contributed by atoms with E-state index in [-0.39, 0.29) is 5.24 Å². The van der Waals surface area contributed by atoms with Gasteiger partial charge >= 0.3 is 0 Å². The maximum atomic E-state index is 11.8. The summed E-state index contributed by atoms with van der Waals surface area (Å²) in [4.78, 5) is 37.0. The lowest BCUT2D eigenvalue weighted by atomic mass is 10.2. The van der Waals surface area contributed by atoms with E-state index in [0.29, 0.717) is 22.4 Å². The van der Waals surface area contributed by atoms with Gasteiger partial charge in [0, 0.05) is 37.9 Å². The molecule has 1 aromatic heterocycles. The monoisotopic (exact) mass is 411 g/mol. The van der Waals surface area contributed by atoms with Gasteiger partial charge in [0.05, 0.1) is 17.7 Å². The number of methoxy groups -OCH3 is 1. The number of hydrogen-bond acceptors (Lipinski definition) is 8. The molecule has 0 bridgehead atoms. The Bertz CT molecular complexity index is 969. The number of carbonyl (C=O) groups excluding carboxylic acids is 2. The van der Waals surface area contributed by atoms with Gasteiger partial charge in [-0.1, -0.05) is 17.7 Å². The zero-order valence-electron chi connectivity index (χ0n) is 16.2. The van der Waals surface area contributed by atoms with Crippen LogP contribution in [0.25, 0.3) is 6.08 Å². The molecule has 0 unspecified atom stereocenters. The van der Waals surface area contributed by atoms with Crippen LogP contribution in [-0.2, 0) is 4.79 Å². The third-order valence-corrected chi connectivity index (χ3v) is 5.61. The highest BCUT2D eigenvalue weighted by Gasteiger charge is 2.26. The molecule has 2 aliphatic rings. The minimum absolute atomic E-state index is 0.311. The van der Waals surface area contributed by atoms with Gasteiger partial charge in [0.1, 0.15) is 0 Å². The highest BCUT2D eigenvalue weighted by molar-refractivity contribution is 8.18. The fraction of sp³-hybridized carbons (Fsp3) is 0.300. The molecule has 0 saturated carbocycles. The lowest BCUT2D eigenvalue weighted by Gasteiger charge is -2.36. The van der Waals surface area contributed by atoms with Gasteiger partial charge in [0.2, 0.25) is 11.8 Å². The van der Waals surface area contributed by atoms with Crippen LogP contribution in [0.3, 0.4) is 0 Å². The average molecular weight is 411 g/mol. The summed E-state index contributed by atoms with van der Waals surface area (Å²) in [6.45, 7) is 5.33. The molecular formula is C20H21N5O3S. The van der Waals surface area contributed by atoms with Crippen molar-refractivity contribution in [2.45, 2.75) is 6.92 Å². The molecule has 2 aromatic rings. The summed E-state index contributed by atoms with van der Waals surface area (Å²) in [5, 5.41) is 1.86. The van der Waals surface area contributed by atoms with Crippen LogP contribution in [0, 0.1) is 6.92 Å². The van der Waals surface area contributed by atoms with Crippen LogP contribution in [0.4, 0.5) is 16.4 Å². The van der Waals surface area contributed by atoms with Crippen LogP contribution >= 0.6 is 11.8 Å². The van der Waals surface area contributed by atoms with Gasteiger partial charge in [-0.2, -0.15) is 4.98 Å².